The Morgan fingerprint density at radius 2 is 2.19 bits per heavy atom. The van der Waals surface area contributed by atoms with E-state index in [-0.39, 0.29) is 5.56 Å². The van der Waals surface area contributed by atoms with Crippen molar-refractivity contribution in [2.24, 2.45) is 0 Å². The molecule has 3 rings (SSSR count). The number of hydrogen-bond acceptors (Lipinski definition) is 5. The van der Waals surface area contributed by atoms with Crippen LogP contribution in [0.5, 0.6) is 0 Å². The van der Waals surface area contributed by atoms with Crippen LogP contribution in [0.2, 0.25) is 0 Å². The van der Waals surface area contributed by atoms with Gasteiger partial charge in [0.1, 0.15) is 0 Å². The predicted molar refractivity (Wildman–Crippen MR) is 81.2 cm³/mol. The number of nitrogens with one attached hydrogen (secondary N) is 2. The Labute approximate surface area is 123 Å². The van der Waals surface area contributed by atoms with E-state index in [9.17, 15) is 4.79 Å². The summed E-state index contributed by atoms with van der Waals surface area (Å²) in [6.07, 6.45) is 8.98. The molecular weight excluding hydrogens is 266 g/mol. The number of pyridine rings is 1. The second-order valence-electron chi connectivity index (χ2n) is 5.26. The van der Waals surface area contributed by atoms with Crippen LogP contribution in [0.25, 0.3) is 0 Å². The SMILES string of the molecule is O=c1[nH]ccnc1N1CCCC(NCc2ccncc2)C1. The Bertz CT molecular complexity index is 627. The normalized spacial score (nSPS) is 18.7. The molecule has 2 aromatic rings. The number of rotatable bonds is 4. The molecule has 0 aliphatic carbocycles. The number of aromatic nitrogens is 3. The van der Waals surface area contributed by atoms with Gasteiger partial charge in [0.15, 0.2) is 5.82 Å². The van der Waals surface area contributed by atoms with Crippen molar-refractivity contribution in [3.05, 3.63) is 52.8 Å². The van der Waals surface area contributed by atoms with Gasteiger partial charge in [-0.3, -0.25) is 9.78 Å². The molecule has 1 atom stereocenters. The number of nitrogens with zero attached hydrogens (tertiary/aromatic N) is 3. The fourth-order valence-corrected chi connectivity index (χ4v) is 2.67. The zero-order valence-corrected chi connectivity index (χ0v) is 11.8. The van der Waals surface area contributed by atoms with Crippen LogP contribution < -0.4 is 15.8 Å². The molecule has 1 saturated heterocycles. The Morgan fingerprint density at radius 3 is 3.00 bits per heavy atom. The van der Waals surface area contributed by atoms with E-state index >= 15 is 0 Å². The highest BCUT2D eigenvalue weighted by Gasteiger charge is 2.22. The summed E-state index contributed by atoms with van der Waals surface area (Å²) >= 11 is 0. The van der Waals surface area contributed by atoms with E-state index in [4.69, 9.17) is 0 Å². The Balaban J connectivity index is 1.61. The van der Waals surface area contributed by atoms with Crippen molar-refractivity contribution in [3.63, 3.8) is 0 Å². The first-order valence-electron chi connectivity index (χ1n) is 7.24. The fourth-order valence-electron chi connectivity index (χ4n) is 2.67. The molecule has 0 amide bonds. The summed E-state index contributed by atoms with van der Waals surface area (Å²) in [5.74, 6) is 0.521. The van der Waals surface area contributed by atoms with E-state index in [2.05, 4.69) is 25.2 Å². The van der Waals surface area contributed by atoms with Gasteiger partial charge in [-0.2, -0.15) is 0 Å². The number of anilines is 1. The largest absolute Gasteiger partial charge is 0.350 e. The Kier molecular flexibility index (Phi) is 4.25. The van der Waals surface area contributed by atoms with Crippen LogP contribution in [-0.4, -0.2) is 34.1 Å². The highest BCUT2D eigenvalue weighted by atomic mass is 16.1. The maximum Gasteiger partial charge on any atom is 0.290 e. The molecule has 0 aromatic carbocycles. The van der Waals surface area contributed by atoms with Gasteiger partial charge in [-0.1, -0.05) is 0 Å². The molecule has 2 N–H and O–H groups in total. The lowest BCUT2D eigenvalue weighted by molar-refractivity contribution is 0.419. The molecule has 6 nitrogen and oxygen atoms in total. The summed E-state index contributed by atoms with van der Waals surface area (Å²) in [5, 5.41) is 3.55. The summed E-state index contributed by atoms with van der Waals surface area (Å²) in [7, 11) is 0. The quantitative estimate of drug-likeness (QED) is 0.874. The second kappa shape index (κ2) is 6.49. The zero-order valence-electron chi connectivity index (χ0n) is 11.8. The molecule has 1 fully saturated rings. The first-order valence-corrected chi connectivity index (χ1v) is 7.24. The lowest BCUT2D eigenvalue weighted by Crippen LogP contribution is -2.47. The highest BCUT2D eigenvalue weighted by Crippen LogP contribution is 2.14. The van der Waals surface area contributed by atoms with Gasteiger partial charge >= 0.3 is 0 Å². The molecule has 21 heavy (non-hydrogen) atoms. The molecule has 0 bridgehead atoms. The first-order chi connectivity index (χ1) is 10.3. The molecule has 1 aliphatic heterocycles. The monoisotopic (exact) mass is 285 g/mol. The Morgan fingerprint density at radius 1 is 1.33 bits per heavy atom. The first kappa shape index (κ1) is 13.8. The van der Waals surface area contributed by atoms with E-state index in [1.54, 1.807) is 24.8 Å². The summed E-state index contributed by atoms with van der Waals surface area (Å²) in [6, 6.07) is 4.39. The maximum absolute atomic E-state index is 11.8. The van der Waals surface area contributed by atoms with E-state index in [1.165, 1.54) is 5.56 Å². The van der Waals surface area contributed by atoms with Gasteiger partial charge in [0.05, 0.1) is 0 Å². The number of piperidine rings is 1. The standard InChI is InChI=1S/C15H19N5O/c21-15-14(17-7-8-18-15)20-9-1-2-13(11-20)19-10-12-3-5-16-6-4-12/h3-8,13,19H,1-2,9-11H2,(H,18,21). The summed E-state index contributed by atoms with van der Waals surface area (Å²) < 4.78 is 0. The number of hydrogen-bond donors (Lipinski definition) is 2. The average molecular weight is 285 g/mol. The topological polar surface area (TPSA) is 73.9 Å². The third-order valence-electron chi connectivity index (χ3n) is 3.75. The van der Waals surface area contributed by atoms with Crippen LogP contribution in [-0.2, 0) is 6.54 Å². The van der Waals surface area contributed by atoms with Crippen molar-refractivity contribution in [1.29, 1.82) is 0 Å². The van der Waals surface area contributed by atoms with E-state index in [1.807, 2.05) is 12.1 Å². The van der Waals surface area contributed by atoms with Gasteiger partial charge in [0.2, 0.25) is 0 Å². The van der Waals surface area contributed by atoms with Crippen LogP contribution in [0.4, 0.5) is 5.82 Å². The van der Waals surface area contributed by atoms with Gasteiger partial charge in [-0.05, 0) is 30.5 Å². The zero-order chi connectivity index (χ0) is 14.5. The highest BCUT2D eigenvalue weighted by molar-refractivity contribution is 5.36. The van der Waals surface area contributed by atoms with Crippen LogP contribution >= 0.6 is 0 Å². The number of aromatic amines is 1. The van der Waals surface area contributed by atoms with Crippen LogP contribution in [0.15, 0.2) is 41.7 Å². The van der Waals surface area contributed by atoms with Crippen molar-refractivity contribution < 1.29 is 0 Å². The molecule has 0 saturated carbocycles. The van der Waals surface area contributed by atoms with Gasteiger partial charge in [-0.25, -0.2) is 4.98 Å². The fraction of sp³-hybridized carbons (Fsp3) is 0.400. The van der Waals surface area contributed by atoms with Crippen molar-refractivity contribution in [3.8, 4) is 0 Å². The molecule has 0 spiro atoms. The molecule has 6 heteroatoms. The van der Waals surface area contributed by atoms with E-state index in [0.29, 0.717) is 11.9 Å². The van der Waals surface area contributed by atoms with Crippen LogP contribution in [0.1, 0.15) is 18.4 Å². The summed E-state index contributed by atoms with van der Waals surface area (Å²) in [4.78, 5) is 24.8. The molecule has 3 heterocycles. The lowest BCUT2D eigenvalue weighted by Gasteiger charge is -2.33. The second-order valence-corrected chi connectivity index (χ2v) is 5.26. The van der Waals surface area contributed by atoms with Gasteiger partial charge in [-0.15, -0.1) is 0 Å². The van der Waals surface area contributed by atoms with Gasteiger partial charge in [0, 0.05) is 50.5 Å². The molecule has 2 aromatic heterocycles. The van der Waals surface area contributed by atoms with Crippen molar-refractivity contribution in [1.82, 2.24) is 20.3 Å². The minimum absolute atomic E-state index is 0.118. The van der Waals surface area contributed by atoms with Gasteiger partial charge < -0.3 is 15.2 Å². The molecular formula is C15H19N5O. The van der Waals surface area contributed by atoms with Crippen LogP contribution in [0.3, 0.4) is 0 Å². The third-order valence-corrected chi connectivity index (χ3v) is 3.75. The smallest absolute Gasteiger partial charge is 0.290 e. The molecule has 1 unspecified atom stereocenters. The number of H-pyrrole nitrogens is 1. The van der Waals surface area contributed by atoms with Crippen molar-refractivity contribution in [2.75, 3.05) is 18.0 Å². The minimum atomic E-state index is -0.118. The summed E-state index contributed by atoms with van der Waals surface area (Å²) in [6.45, 7) is 2.51. The Hall–Kier alpha value is -2.21. The maximum atomic E-state index is 11.8. The molecule has 110 valence electrons. The average Bonchev–Trinajstić information content (AvgIpc) is 2.55. The molecule has 1 aliphatic rings. The van der Waals surface area contributed by atoms with E-state index in [0.717, 1.165) is 32.5 Å². The third kappa shape index (κ3) is 3.46. The van der Waals surface area contributed by atoms with Gasteiger partial charge in [0.25, 0.3) is 5.56 Å². The lowest BCUT2D eigenvalue weighted by atomic mass is 10.1. The molecule has 0 radical (unpaired) electrons. The summed E-state index contributed by atoms with van der Waals surface area (Å²) in [5.41, 5.74) is 1.10. The van der Waals surface area contributed by atoms with Crippen molar-refractivity contribution in [2.45, 2.75) is 25.4 Å². The van der Waals surface area contributed by atoms with E-state index < -0.39 is 0 Å². The van der Waals surface area contributed by atoms with Crippen molar-refractivity contribution >= 4 is 5.82 Å². The van der Waals surface area contributed by atoms with Crippen LogP contribution in [0, 0.1) is 0 Å². The predicted octanol–water partition coefficient (Wildman–Crippen LogP) is 0.923. The minimum Gasteiger partial charge on any atom is -0.350 e.